The van der Waals surface area contributed by atoms with Crippen LogP contribution in [0, 0.1) is 5.92 Å². The summed E-state index contributed by atoms with van der Waals surface area (Å²) in [6, 6.07) is 8.11. The normalized spacial score (nSPS) is 28.1. The number of piperidine rings is 1. The van der Waals surface area contributed by atoms with Crippen LogP contribution in [-0.2, 0) is 0 Å². The Morgan fingerprint density at radius 2 is 2.21 bits per heavy atom. The van der Waals surface area contributed by atoms with Crippen molar-refractivity contribution in [2.24, 2.45) is 11.7 Å². The van der Waals surface area contributed by atoms with Gasteiger partial charge < -0.3 is 10.8 Å². The smallest absolute Gasteiger partial charge is 0.0590 e. The van der Waals surface area contributed by atoms with E-state index < -0.39 is 0 Å². The van der Waals surface area contributed by atoms with Crippen molar-refractivity contribution >= 4 is 11.6 Å². The Morgan fingerprint density at radius 1 is 1.47 bits per heavy atom. The molecule has 1 aliphatic rings. The van der Waals surface area contributed by atoms with Gasteiger partial charge in [-0.1, -0.05) is 30.7 Å². The molecule has 1 fully saturated rings. The zero-order valence-corrected chi connectivity index (χ0v) is 12.3. The highest BCUT2D eigenvalue weighted by molar-refractivity contribution is 6.30. The molecule has 106 valence electrons. The third-order valence-corrected chi connectivity index (χ3v) is 4.21. The molecule has 2 rings (SSSR count). The molecule has 3 N–H and O–H groups in total. The highest BCUT2D eigenvalue weighted by Gasteiger charge is 2.31. The summed E-state index contributed by atoms with van der Waals surface area (Å²) in [4.78, 5) is 2.37. The van der Waals surface area contributed by atoms with Crippen LogP contribution in [-0.4, -0.2) is 35.2 Å². The lowest BCUT2D eigenvalue weighted by Gasteiger charge is -2.41. The molecule has 4 unspecified atom stereocenters. The first-order valence-electron chi connectivity index (χ1n) is 6.92. The van der Waals surface area contributed by atoms with Crippen molar-refractivity contribution in [2.75, 3.05) is 13.1 Å². The van der Waals surface area contributed by atoms with Gasteiger partial charge in [-0.3, -0.25) is 4.90 Å². The maximum absolute atomic E-state index is 9.85. The van der Waals surface area contributed by atoms with Crippen molar-refractivity contribution in [3.05, 3.63) is 34.9 Å². The Kier molecular flexibility index (Phi) is 4.85. The van der Waals surface area contributed by atoms with Crippen molar-refractivity contribution in [3.8, 4) is 0 Å². The predicted octanol–water partition coefficient (Wildman–Crippen LogP) is 2.43. The number of nitrogens with two attached hydrogens (primary N) is 1. The summed E-state index contributed by atoms with van der Waals surface area (Å²) in [6.07, 6.45) is 0.620. The van der Waals surface area contributed by atoms with Gasteiger partial charge >= 0.3 is 0 Å². The molecule has 0 spiro atoms. The number of halogens is 1. The van der Waals surface area contributed by atoms with Crippen LogP contribution < -0.4 is 5.73 Å². The van der Waals surface area contributed by atoms with E-state index in [4.69, 9.17) is 17.3 Å². The number of aliphatic hydroxyl groups excluding tert-OH is 1. The lowest BCUT2D eigenvalue weighted by Crippen LogP contribution is -2.48. The third kappa shape index (κ3) is 3.48. The monoisotopic (exact) mass is 282 g/mol. The highest BCUT2D eigenvalue weighted by Crippen LogP contribution is 2.30. The van der Waals surface area contributed by atoms with E-state index in [9.17, 15) is 5.11 Å². The van der Waals surface area contributed by atoms with Crippen LogP contribution in [0.4, 0.5) is 0 Å². The minimum absolute atomic E-state index is 0.0286. The summed E-state index contributed by atoms with van der Waals surface area (Å²) in [5.74, 6) is 0.286. The van der Waals surface area contributed by atoms with Gasteiger partial charge in [-0.15, -0.1) is 0 Å². The first-order valence-corrected chi connectivity index (χ1v) is 7.30. The van der Waals surface area contributed by atoms with Gasteiger partial charge in [-0.2, -0.15) is 0 Å². The van der Waals surface area contributed by atoms with E-state index in [2.05, 4.69) is 17.9 Å². The second-order valence-electron chi connectivity index (χ2n) is 5.69. The van der Waals surface area contributed by atoms with Gasteiger partial charge in [0.1, 0.15) is 0 Å². The van der Waals surface area contributed by atoms with E-state index in [1.807, 2.05) is 25.1 Å². The van der Waals surface area contributed by atoms with Crippen molar-refractivity contribution < 1.29 is 5.11 Å². The lowest BCUT2D eigenvalue weighted by atomic mass is 9.91. The molecule has 0 aromatic heterocycles. The summed E-state index contributed by atoms with van der Waals surface area (Å²) in [5, 5.41) is 10.6. The van der Waals surface area contributed by atoms with Crippen molar-refractivity contribution in [2.45, 2.75) is 38.5 Å². The van der Waals surface area contributed by atoms with E-state index in [0.29, 0.717) is 0 Å². The van der Waals surface area contributed by atoms with Crippen molar-refractivity contribution in [1.29, 1.82) is 0 Å². The highest BCUT2D eigenvalue weighted by atomic mass is 35.5. The maximum atomic E-state index is 9.85. The second-order valence-corrected chi connectivity index (χ2v) is 6.12. The van der Waals surface area contributed by atoms with Crippen LogP contribution in [0.3, 0.4) is 0 Å². The molecule has 1 saturated heterocycles. The van der Waals surface area contributed by atoms with E-state index >= 15 is 0 Å². The fourth-order valence-electron chi connectivity index (χ4n) is 2.96. The zero-order valence-electron chi connectivity index (χ0n) is 11.6. The second kappa shape index (κ2) is 6.23. The van der Waals surface area contributed by atoms with E-state index in [0.717, 1.165) is 30.1 Å². The molecule has 0 aliphatic carbocycles. The Balaban J connectivity index is 2.21. The molecule has 0 saturated carbocycles. The fourth-order valence-corrected chi connectivity index (χ4v) is 3.15. The minimum atomic E-state index is -0.190. The zero-order chi connectivity index (χ0) is 14.0. The van der Waals surface area contributed by atoms with Crippen LogP contribution in [0.15, 0.2) is 24.3 Å². The van der Waals surface area contributed by atoms with Gasteiger partial charge in [-0.25, -0.2) is 0 Å². The molecular weight excluding hydrogens is 260 g/mol. The average Bonchev–Trinajstić information content (AvgIpc) is 2.33. The first-order chi connectivity index (χ1) is 8.99. The first kappa shape index (κ1) is 14.8. The third-order valence-electron chi connectivity index (χ3n) is 3.97. The molecule has 4 atom stereocenters. The Hall–Kier alpha value is -0.610. The van der Waals surface area contributed by atoms with Gasteiger partial charge in [0.05, 0.1) is 6.10 Å². The number of hydrogen-bond acceptors (Lipinski definition) is 3. The van der Waals surface area contributed by atoms with Crippen LogP contribution in [0.25, 0.3) is 0 Å². The molecule has 1 aliphatic heterocycles. The van der Waals surface area contributed by atoms with Gasteiger partial charge in [0.15, 0.2) is 0 Å². The summed E-state index contributed by atoms with van der Waals surface area (Å²) < 4.78 is 0. The van der Waals surface area contributed by atoms with E-state index in [1.54, 1.807) is 0 Å². The van der Waals surface area contributed by atoms with E-state index in [1.165, 1.54) is 0 Å². The molecule has 1 heterocycles. The van der Waals surface area contributed by atoms with Crippen LogP contribution in [0.2, 0.25) is 5.02 Å². The molecule has 19 heavy (non-hydrogen) atoms. The van der Waals surface area contributed by atoms with Crippen molar-refractivity contribution in [1.82, 2.24) is 4.90 Å². The van der Waals surface area contributed by atoms with Gasteiger partial charge in [0, 0.05) is 30.2 Å². The molecule has 1 aromatic rings. The number of nitrogens with zero attached hydrogens (tertiary/aromatic N) is 1. The topological polar surface area (TPSA) is 49.5 Å². The Morgan fingerprint density at radius 3 is 2.79 bits per heavy atom. The average molecular weight is 283 g/mol. The van der Waals surface area contributed by atoms with Gasteiger partial charge in [0.2, 0.25) is 0 Å². The number of hydrogen-bond donors (Lipinski definition) is 2. The van der Waals surface area contributed by atoms with Crippen LogP contribution in [0.5, 0.6) is 0 Å². The maximum Gasteiger partial charge on any atom is 0.0590 e. The fraction of sp³-hybridized carbons (Fsp3) is 0.600. The molecule has 0 amide bonds. The number of rotatable bonds is 3. The molecule has 0 radical (unpaired) electrons. The Labute approximate surface area is 120 Å². The van der Waals surface area contributed by atoms with Crippen molar-refractivity contribution in [3.63, 3.8) is 0 Å². The minimum Gasteiger partial charge on any atom is -0.393 e. The summed E-state index contributed by atoms with van der Waals surface area (Å²) in [7, 11) is 0. The molecule has 3 nitrogen and oxygen atoms in total. The molecule has 0 bridgehead atoms. The van der Waals surface area contributed by atoms with Crippen LogP contribution in [0.1, 0.15) is 31.9 Å². The number of likely N-dealkylation sites (tertiary alicyclic amines) is 1. The Bertz CT molecular complexity index is 424. The predicted molar refractivity (Wildman–Crippen MR) is 79.2 cm³/mol. The number of benzene rings is 1. The van der Waals surface area contributed by atoms with E-state index in [-0.39, 0.29) is 24.1 Å². The van der Waals surface area contributed by atoms with Gasteiger partial charge in [-0.05, 0) is 37.0 Å². The quantitative estimate of drug-likeness (QED) is 0.895. The largest absolute Gasteiger partial charge is 0.393 e. The molecule has 1 aromatic carbocycles. The van der Waals surface area contributed by atoms with Crippen LogP contribution >= 0.6 is 11.6 Å². The lowest BCUT2D eigenvalue weighted by molar-refractivity contribution is 0.0126. The van der Waals surface area contributed by atoms with Gasteiger partial charge in [0.25, 0.3) is 0 Å². The summed E-state index contributed by atoms with van der Waals surface area (Å²) in [5.41, 5.74) is 7.34. The SMILES string of the molecule is CC(N)C(c1cccc(Cl)c1)N1CCC(O)C(C)C1. The number of aliphatic hydroxyl groups is 1. The molecular formula is C15H23ClN2O. The molecule has 4 heteroatoms. The summed E-state index contributed by atoms with van der Waals surface area (Å²) >= 11 is 6.09. The standard InChI is InChI=1S/C15H23ClN2O/c1-10-9-18(7-6-14(10)19)15(11(2)17)12-4-3-5-13(16)8-12/h3-5,8,10-11,14-15,19H,6-7,9,17H2,1-2H3. The summed E-state index contributed by atoms with van der Waals surface area (Å²) in [6.45, 7) is 5.87.